The number of non-ortho nitro benzene ring substituents is 1. The molecule has 3 aromatic carbocycles. The van der Waals surface area contributed by atoms with Crippen molar-refractivity contribution in [3.05, 3.63) is 106 Å². The Kier molecular flexibility index (Phi) is 6.18. The molecule has 0 atom stereocenters. The molecule has 0 saturated carbocycles. The normalized spacial score (nSPS) is 10.9. The van der Waals surface area contributed by atoms with E-state index in [1.807, 2.05) is 30.3 Å². The third kappa shape index (κ3) is 5.33. The van der Waals surface area contributed by atoms with Gasteiger partial charge in [0.1, 0.15) is 23.6 Å². The zero-order valence-corrected chi connectivity index (χ0v) is 19.0. The van der Waals surface area contributed by atoms with Crippen LogP contribution >= 0.6 is 11.6 Å². The Bertz CT molecular complexity index is 1510. The smallest absolute Gasteiger partial charge is 0.269 e. The number of fused-ring (bicyclic) bond motifs is 1. The number of hydrogen-bond donors (Lipinski definition) is 1. The molecule has 10 nitrogen and oxygen atoms in total. The van der Waals surface area contributed by atoms with E-state index in [2.05, 4.69) is 25.6 Å². The van der Waals surface area contributed by atoms with Gasteiger partial charge in [-0.1, -0.05) is 47.1 Å². The van der Waals surface area contributed by atoms with E-state index in [0.29, 0.717) is 34.5 Å². The van der Waals surface area contributed by atoms with Crippen molar-refractivity contribution < 1.29 is 9.66 Å². The first-order valence-corrected chi connectivity index (χ1v) is 10.9. The number of aromatic nitrogens is 5. The first-order chi connectivity index (χ1) is 17.0. The molecule has 0 aliphatic rings. The predicted molar refractivity (Wildman–Crippen MR) is 131 cm³/mol. The van der Waals surface area contributed by atoms with Gasteiger partial charge in [-0.05, 0) is 29.8 Å². The Labute approximate surface area is 204 Å². The van der Waals surface area contributed by atoms with Crippen LogP contribution in [0.4, 0.5) is 17.3 Å². The van der Waals surface area contributed by atoms with Crippen molar-refractivity contribution in [3.63, 3.8) is 0 Å². The second-order valence-electron chi connectivity index (χ2n) is 7.64. The quantitative estimate of drug-likeness (QED) is 0.235. The minimum absolute atomic E-state index is 0.0475. The van der Waals surface area contributed by atoms with Crippen LogP contribution in [0.3, 0.4) is 0 Å². The van der Waals surface area contributed by atoms with Gasteiger partial charge in [0.15, 0.2) is 0 Å². The molecule has 11 heteroatoms. The lowest BCUT2D eigenvalue weighted by Crippen LogP contribution is -2.01. The minimum Gasteiger partial charge on any atom is -0.485 e. The Morgan fingerprint density at radius 1 is 1.09 bits per heavy atom. The Morgan fingerprint density at radius 2 is 1.91 bits per heavy atom. The molecule has 0 aliphatic heterocycles. The number of para-hydroxylation sites is 1. The number of nitrogens with one attached hydrogen (secondary N) is 1. The summed E-state index contributed by atoms with van der Waals surface area (Å²) in [5.41, 5.74) is 2.99. The van der Waals surface area contributed by atoms with E-state index in [1.165, 1.54) is 12.1 Å². The SMILES string of the molecule is O=[N+]([O-])c1ccc(Cn2cc(COc3cccc4cnc(Nc5cccc(Cl)c5)nc34)nn2)cc1. The van der Waals surface area contributed by atoms with Gasteiger partial charge in [-0.3, -0.25) is 10.1 Å². The molecule has 0 fully saturated rings. The fourth-order valence-corrected chi connectivity index (χ4v) is 3.63. The first-order valence-electron chi connectivity index (χ1n) is 10.6. The van der Waals surface area contributed by atoms with E-state index in [9.17, 15) is 10.1 Å². The monoisotopic (exact) mass is 487 g/mol. The van der Waals surface area contributed by atoms with E-state index in [-0.39, 0.29) is 12.3 Å². The molecule has 0 saturated heterocycles. The van der Waals surface area contributed by atoms with Crippen LogP contribution in [0.15, 0.2) is 79.1 Å². The van der Waals surface area contributed by atoms with Gasteiger partial charge in [0.25, 0.3) is 5.69 Å². The lowest BCUT2D eigenvalue weighted by atomic mass is 10.2. The summed E-state index contributed by atoms with van der Waals surface area (Å²) in [6.07, 6.45) is 3.50. The highest BCUT2D eigenvalue weighted by atomic mass is 35.5. The Balaban J connectivity index is 1.28. The van der Waals surface area contributed by atoms with E-state index in [1.54, 1.807) is 41.3 Å². The van der Waals surface area contributed by atoms with Gasteiger partial charge in [-0.25, -0.2) is 14.6 Å². The van der Waals surface area contributed by atoms with Crippen LogP contribution in [0.25, 0.3) is 10.9 Å². The second kappa shape index (κ2) is 9.74. The number of nitro groups is 1. The van der Waals surface area contributed by atoms with Gasteiger partial charge in [0.05, 0.1) is 17.7 Å². The fourth-order valence-electron chi connectivity index (χ4n) is 3.44. The van der Waals surface area contributed by atoms with Crippen molar-refractivity contribution in [1.29, 1.82) is 0 Å². The molecule has 0 unspecified atom stereocenters. The number of ether oxygens (including phenoxy) is 1. The van der Waals surface area contributed by atoms with Crippen LogP contribution in [0.2, 0.25) is 5.02 Å². The van der Waals surface area contributed by atoms with Gasteiger partial charge in [-0.2, -0.15) is 0 Å². The molecule has 1 N–H and O–H groups in total. The van der Waals surface area contributed by atoms with Crippen LogP contribution in [0.5, 0.6) is 5.75 Å². The fraction of sp³-hybridized carbons (Fsp3) is 0.0833. The highest BCUT2D eigenvalue weighted by molar-refractivity contribution is 6.30. The van der Waals surface area contributed by atoms with Gasteiger partial charge < -0.3 is 10.1 Å². The van der Waals surface area contributed by atoms with Crippen molar-refractivity contribution in [3.8, 4) is 5.75 Å². The van der Waals surface area contributed by atoms with Crippen molar-refractivity contribution in [2.24, 2.45) is 0 Å². The lowest BCUT2D eigenvalue weighted by Gasteiger charge is -2.09. The maximum atomic E-state index is 10.8. The molecule has 5 rings (SSSR count). The van der Waals surface area contributed by atoms with Crippen molar-refractivity contribution in [2.45, 2.75) is 13.2 Å². The van der Waals surface area contributed by atoms with Crippen LogP contribution in [-0.2, 0) is 13.2 Å². The van der Waals surface area contributed by atoms with Crippen molar-refractivity contribution >= 4 is 39.8 Å². The molecule has 0 radical (unpaired) electrons. The molecule has 2 heterocycles. The number of benzene rings is 3. The molecule has 5 aromatic rings. The summed E-state index contributed by atoms with van der Waals surface area (Å²) in [7, 11) is 0. The van der Waals surface area contributed by atoms with Crippen LogP contribution in [0, 0.1) is 10.1 Å². The molecule has 0 spiro atoms. The van der Waals surface area contributed by atoms with E-state index in [0.717, 1.165) is 16.6 Å². The van der Waals surface area contributed by atoms with Crippen LogP contribution in [0.1, 0.15) is 11.3 Å². The molecule has 0 aliphatic carbocycles. The van der Waals surface area contributed by atoms with Gasteiger partial charge in [0.2, 0.25) is 5.95 Å². The van der Waals surface area contributed by atoms with Gasteiger partial charge in [-0.15, -0.1) is 5.10 Å². The average molecular weight is 488 g/mol. The summed E-state index contributed by atoms with van der Waals surface area (Å²) in [4.78, 5) is 19.4. The number of halogens is 1. The van der Waals surface area contributed by atoms with Crippen LogP contribution in [-0.4, -0.2) is 29.9 Å². The summed E-state index contributed by atoms with van der Waals surface area (Å²) < 4.78 is 7.66. The summed E-state index contributed by atoms with van der Waals surface area (Å²) in [6, 6.07) is 19.2. The maximum absolute atomic E-state index is 10.8. The molecular formula is C24H18ClN7O3. The summed E-state index contributed by atoms with van der Waals surface area (Å²) in [5, 5.41) is 23.7. The van der Waals surface area contributed by atoms with E-state index in [4.69, 9.17) is 16.3 Å². The first kappa shape index (κ1) is 22.2. The zero-order chi connectivity index (χ0) is 24.2. The Morgan fingerprint density at radius 3 is 2.71 bits per heavy atom. The maximum Gasteiger partial charge on any atom is 0.269 e. The van der Waals surface area contributed by atoms with E-state index >= 15 is 0 Å². The average Bonchev–Trinajstić information content (AvgIpc) is 3.30. The molecule has 2 aromatic heterocycles. The molecule has 0 amide bonds. The Hall–Kier alpha value is -4.57. The highest BCUT2D eigenvalue weighted by Crippen LogP contribution is 2.26. The largest absolute Gasteiger partial charge is 0.485 e. The molecule has 0 bridgehead atoms. The third-order valence-electron chi connectivity index (χ3n) is 5.11. The molecular weight excluding hydrogens is 470 g/mol. The zero-order valence-electron chi connectivity index (χ0n) is 18.2. The molecule has 35 heavy (non-hydrogen) atoms. The number of hydrogen-bond acceptors (Lipinski definition) is 8. The number of nitro benzene ring substituents is 1. The van der Waals surface area contributed by atoms with Gasteiger partial charge in [0, 0.05) is 34.4 Å². The highest BCUT2D eigenvalue weighted by Gasteiger charge is 2.10. The second-order valence-corrected chi connectivity index (χ2v) is 8.08. The van der Waals surface area contributed by atoms with Gasteiger partial charge >= 0.3 is 0 Å². The lowest BCUT2D eigenvalue weighted by molar-refractivity contribution is -0.384. The van der Waals surface area contributed by atoms with E-state index < -0.39 is 4.92 Å². The number of nitrogens with zero attached hydrogens (tertiary/aromatic N) is 6. The van der Waals surface area contributed by atoms with Crippen molar-refractivity contribution in [1.82, 2.24) is 25.0 Å². The summed E-state index contributed by atoms with van der Waals surface area (Å²) in [5.74, 6) is 1.01. The summed E-state index contributed by atoms with van der Waals surface area (Å²) in [6.45, 7) is 0.630. The number of anilines is 2. The topological polar surface area (TPSA) is 121 Å². The predicted octanol–water partition coefficient (Wildman–Crippen LogP) is 5.15. The standard InChI is InChI=1S/C24H18ClN7O3/c25-18-4-2-5-19(11-18)27-24-26-12-17-3-1-6-22(23(17)28-24)35-15-20-14-31(30-29-20)13-16-7-9-21(10-8-16)32(33)34/h1-12,14H,13,15H2,(H,26,27,28). The number of rotatable bonds is 8. The third-order valence-corrected chi connectivity index (χ3v) is 5.34. The minimum atomic E-state index is -0.427. The van der Waals surface area contributed by atoms with Crippen LogP contribution < -0.4 is 10.1 Å². The molecule has 174 valence electrons. The summed E-state index contributed by atoms with van der Waals surface area (Å²) >= 11 is 6.06. The van der Waals surface area contributed by atoms with Crippen molar-refractivity contribution in [2.75, 3.05) is 5.32 Å².